The Morgan fingerprint density at radius 3 is 2.59 bits per heavy atom. The maximum atomic E-state index is 15.0. The molecule has 0 radical (unpaired) electrons. The fraction of sp³-hybridized carbons (Fsp3) is 0.194. The molecule has 10 heteroatoms. The van der Waals surface area contributed by atoms with E-state index in [2.05, 4.69) is 10.2 Å². The van der Waals surface area contributed by atoms with Gasteiger partial charge in [-0.25, -0.2) is 0 Å². The van der Waals surface area contributed by atoms with Gasteiger partial charge in [-0.2, -0.15) is 0 Å². The molecule has 204 valence electrons. The number of aryl methyl sites for hydroxylation is 2. The number of nitrogens with zero attached hydrogens (tertiary/aromatic N) is 4. The van der Waals surface area contributed by atoms with E-state index in [0.717, 1.165) is 22.6 Å². The highest BCUT2D eigenvalue weighted by Crippen LogP contribution is 2.54. The van der Waals surface area contributed by atoms with E-state index in [1.807, 2.05) is 50.2 Å². The third-order valence-corrected chi connectivity index (χ3v) is 8.99. The summed E-state index contributed by atoms with van der Waals surface area (Å²) in [5.41, 5.74) is 0.943. The summed E-state index contributed by atoms with van der Waals surface area (Å²) in [6.45, 7) is 4.27. The van der Waals surface area contributed by atoms with Crippen molar-refractivity contribution in [3.05, 3.63) is 115 Å². The van der Waals surface area contributed by atoms with Crippen LogP contribution in [0.1, 0.15) is 51.2 Å². The number of anilines is 2. The molecular formula is C31H23ClN4O4S. The summed E-state index contributed by atoms with van der Waals surface area (Å²) in [6.07, 6.45) is 1.51. The Hall–Kier alpha value is -4.34. The SMILES string of the molecule is CCCc1nnc(N2C(=O)c3oc4ccc(Cl)cc4c(=O)c3C23C(=O)N(Cc2ccccc2C)c2ccccc23)s1. The van der Waals surface area contributed by atoms with Crippen molar-refractivity contribution in [2.24, 2.45) is 0 Å². The van der Waals surface area contributed by atoms with E-state index < -0.39 is 22.8 Å². The van der Waals surface area contributed by atoms with Crippen LogP contribution < -0.4 is 15.2 Å². The number of amides is 2. The molecule has 2 amide bonds. The fourth-order valence-corrected chi connectivity index (χ4v) is 7.06. The van der Waals surface area contributed by atoms with E-state index in [4.69, 9.17) is 16.0 Å². The lowest BCUT2D eigenvalue weighted by molar-refractivity contribution is -0.121. The van der Waals surface area contributed by atoms with Gasteiger partial charge in [-0.1, -0.05) is 72.3 Å². The molecule has 0 bridgehead atoms. The molecule has 1 atom stereocenters. The molecule has 0 aliphatic carbocycles. The Bertz CT molecular complexity index is 1970. The van der Waals surface area contributed by atoms with Crippen LogP contribution in [0.2, 0.25) is 5.02 Å². The number of rotatable bonds is 5. The zero-order chi connectivity index (χ0) is 28.5. The molecular weight excluding hydrogens is 560 g/mol. The zero-order valence-electron chi connectivity index (χ0n) is 22.2. The van der Waals surface area contributed by atoms with Gasteiger partial charge in [0.1, 0.15) is 10.6 Å². The molecule has 2 aliphatic heterocycles. The van der Waals surface area contributed by atoms with Crippen LogP contribution in [0.5, 0.6) is 0 Å². The average Bonchev–Trinajstić information content (AvgIpc) is 3.60. The Balaban J connectivity index is 1.55. The highest BCUT2D eigenvalue weighted by molar-refractivity contribution is 7.15. The molecule has 1 unspecified atom stereocenters. The smallest absolute Gasteiger partial charge is 0.297 e. The number of fused-ring (bicyclic) bond motifs is 5. The van der Waals surface area contributed by atoms with Crippen LogP contribution in [0.15, 0.2) is 75.9 Å². The molecule has 2 aromatic heterocycles. The third kappa shape index (κ3) is 3.55. The van der Waals surface area contributed by atoms with Crippen molar-refractivity contribution < 1.29 is 14.0 Å². The van der Waals surface area contributed by atoms with E-state index in [9.17, 15) is 14.4 Å². The lowest BCUT2D eigenvalue weighted by Gasteiger charge is -2.32. The third-order valence-electron chi connectivity index (χ3n) is 7.79. The van der Waals surface area contributed by atoms with Crippen molar-refractivity contribution >= 4 is 56.5 Å². The maximum absolute atomic E-state index is 15.0. The largest absolute Gasteiger partial charge is 0.450 e. The first-order valence-corrected chi connectivity index (χ1v) is 14.5. The zero-order valence-corrected chi connectivity index (χ0v) is 23.8. The lowest BCUT2D eigenvalue weighted by atomic mass is 9.84. The molecule has 0 saturated carbocycles. The normalized spacial score (nSPS) is 17.6. The van der Waals surface area contributed by atoms with Gasteiger partial charge < -0.3 is 9.32 Å². The van der Waals surface area contributed by atoms with Crippen molar-refractivity contribution in [1.29, 1.82) is 0 Å². The molecule has 3 aromatic carbocycles. The van der Waals surface area contributed by atoms with E-state index >= 15 is 0 Å². The van der Waals surface area contributed by atoms with Gasteiger partial charge in [0.2, 0.25) is 10.9 Å². The molecule has 0 N–H and O–H groups in total. The van der Waals surface area contributed by atoms with Crippen molar-refractivity contribution in [2.45, 2.75) is 38.8 Å². The van der Waals surface area contributed by atoms with Gasteiger partial charge in [0.05, 0.1) is 23.2 Å². The van der Waals surface area contributed by atoms with Crippen LogP contribution in [0.4, 0.5) is 10.8 Å². The molecule has 1 spiro atoms. The molecule has 7 rings (SSSR count). The summed E-state index contributed by atoms with van der Waals surface area (Å²) in [4.78, 5) is 46.6. The summed E-state index contributed by atoms with van der Waals surface area (Å²) in [5.74, 6) is -1.23. The van der Waals surface area contributed by atoms with E-state index in [1.165, 1.54) is 22.3 Å². The van der Waals surface area contributed by atoms with E-state index in [0.29, 0.717) is 22.7 Å². The monoisotopic (exact) mass is 582 g/mol. The number of halogens is 1. The molecule has 41 heavy (non-hydrogen) atoms. The highest BCUT2D eigenvalue weighted by atomic mass is 35.5. The molecule has 5 aromatic rings. The van der Waals surface area contributed by atoms with Crippen LogP contribution in [0.3, 0.4) is 0 Å². The number of carbonyl (C=O) groups excluding carboxylic acids is 2. The number of aromatic nitrogens is 2. The number of carbonyl (C=O) groups is 2. The minimum atomic E-state index is -1.83. The van der Waals surface area contributed by atoms with Crippen molar-refractivity contribution in [2.75, 3.05) is 9.80 Å². The quantitative estimate of drug-likeness (QED) is 0.252. The Labute approximate surface area is 243 Å². The summed E-state index contributed by atoms with van der Waals surface area (Å²) in [6, 6.07) is 19.7. The van der Waals surface area contributed by atoms with Gasteiger partial charge in [0.15, 0.2) is 11.0 Å². The van der Waals surface area contributed by atoms with Crippen molar-refractivity contribution in [3.8, 4) is 0 Å². The Kier molecular flexibility index (Phi) is 5.85. The van der Waals surface area contributed by atoms with E-state index in [-0.39, 0.29) is 34.0 Å². The standard InChI is InChI=1S/C31H23ClN4O4S/c1-3-8-24-33-34-30(41-24)36-28(38)27-25(26(37)20-15-19(32)13-14-23(20)40-27)31(36)21-11-6-7-12-22(21)35(29(31)39)16-18-10-5-4-9-17(18)2/h4-7,9-15H,3,8,16H2,1-2H3. The summed E-state index contributed by atoms with van der Waals surface area (Å²) in [7, 11) is 0. The highest BCUT2D eigenvalue weighted by Gasteiger charge is 2.66. The summed E-state index contributed by atoms with van der Waals surface area (Å²) >= 11 is 7.50. The van der Waals surface area contributed by atoms with Gasteiger partial charge in [0, 0.05) is 17.0 Å². The molecule has 2 aliphatic rings. The predicted molar refractivity (Wildman–Crippen MR) is 158 cm³/mol. The van der Waals surface area contributed by atoms with Crippen LogP contribution in [-0.2, 0) is 23.3 Å². The minimum Gasteiger partial charge on any atom is -0.450 e. The Morgan fingerprint density at radius 1 is 1.00 bits per heavy atom. The predicted octanol–water partition coefficient (Wildman–Crippen LogP) is 6.01. The first-order chi connectivity index (χ1) is 19.9. The van der Waals surface area contributed by atoms with E-state index in [1.54, 1.807) is 29.2 Å². The second-order valence-corrected chi connectivity index (χ2v) is 11.7. The number of hydrogen-bond donors (Lipinski definition) is 0. The van der Waals surface area contributed by atoms with Gasteiger partial charge in [-0.3, -0.25) is 19.3 Å². The molecule has 8 nitrogen and oxygen atoms in total. The summed E-state index contributed by atoms with van der Waals surface area (Å²) in [5, 5.41) is 10.1. The summed E-state index contributed by atoms with van der Waals surface area (Å²) < 4.78 is 6.12. The van der Waals surface area contributed by atoms with Crippen LogP contribution in [0.25, 0.3) is 11.0 Å². The number of para-hydroxylation sites is 1. The Morgan fingerprint density at radius 2 is 1.78 bits per heavy atom. The van der Waals surface area contributed by atoms with Crippen LogP contribution >= 0.6 is 22.9 Å². The number of benzene rings is 3. The second-order valence-electron chi connectivity index (χ2n) is 10.2. The lowest BCUT2D eigenvalue weighted by Crippen LogP contribution is -2.53. The number of hydrogen-bond acceptors (Lipinski definition) is 7. The van der Waals surface area contributed by atoms with Crippen LogP contribution in [0, 0.1) is 6.92 Å². The van der Waals surface area contributed by atoms with Crippen molar-refractivity contribution in [3.63, 3.8) is 0 Å². The van der Waals surface area contributed by atoms with Gasteiger partial charge in [-0.15, -0.1) is 10.2 Å². The van der Waals surface area contributed by atoms with Crippen LogP contribution in [-0.4, -0.2) is 22.0 Å². The molecule has 0 fully saturated rings. The van der Waals surface area contributed by atoms with Gasteiger partial charge >= 0.3 is 0 Å². The van der Waals surface area contributed by atoms with Gasteiger partial charge in [0.25, 0.3) is 11.8 Å². The minimum absolute atomic E-state index is 0.0331. The molecule has 0 saturated heterocycles. The first-order valence-electron chi connectivity index (χ1n) is 13.3. The maximum Gasteiger partial charge on any atom is 0.297 e. The average molecular weight is 583 g/mol. The fourth-order valence-electron chi connectivity index (χ4n) is 5.90. The molecule has 4 heterocycles. The second kappa shape index (κ2) is 9.36. The van der Waals surface area contributed by atoms with Gasteiger partial charge in [-0.05, 0) is 48.7 Å². The van der Waals surface area contributed by atoms with Crippen molar-refractivity contribution in [1.82, 2.24) is 10.2 Å². The first kappa shape index (κ1) is 25.6. The topological polar surface area (TPSA) is 96.6 Å².